The molecule has 0 amide bonds. The van der Waals surface area contributed by atoms with E-state index in [-0.39, 0.29) is 34.8 Å². The first kappa shape index (κ1) is 32.1. The molecule has 0 radical (unpaired) electrons. The number of aliphatic hydroxyl groups excluding tert-OH is 1. The number of hydrogen-bond donors (Lipinski definition) is 1. The maximum absolute atomic E-state index is 14.1. The van der Waals surface area contributed by atoms with Crippen molar-refractivity contribution in [2.24, 2.45) is 5.41 Å². The van der Waals surface area contributed by atoms with Crippen LogP contribution in [0.25, 0.3) is 5.57 Å². The van der Waals surface area contributed by atoms with Gasteiger partial charge in [-0.2, -0.15) is 0 Å². The quantitative estimate of drug-likeness (QED) is 0.225. The highest BCUT2D eigenvalue weighted by Gasteiger charge is 2.52. The van der Waals surface area contributed by atoms with Gasteiger partial charge in [-0.15, -0.1) is 0 Å². The number of halogens is 1. The Bertz CT molecular complexity index is 1500. The number of aliphatic hydroxyl groups is 1. The van der Waals surface area contributed by atoms with Crippen LogP contribution >= 0.6 is 0 Å². The number of aryl methyl sites for hydroxylation is 1. The summed E-state index contributed by atoms with van der Waals surface area (Å²) in [5.41, 5.74) is 3.22. The van der Waals surface area contributed by atoms with Crippen molar-refractivity contribution in [1.29, 1.82) is 0 Å². The van der Waals surface area contributed by atoms with Crippen molar-refractivity contribution in [3.8, 4) is 0 Å². The molecule has 0 spiro atoms. The summed E-state index contributed by atoms with van der Waals surface area (Å²) in [6.45, 7) is 12.7. The van der Waals surface area contributed by atoms with Gasteiger partial charge in [0.2, 0.25) is 0 Å². The van der Waals surface area contributed by atoms with Crippen molar-refractivity contribution in [2.75, 3.05) is 0 Å². The molecule has 1 N–H and O–H groups in total. The highest BCUT2D eigenvalue weighted by atomic mass is 28.4. The minimum atomic E-state index is -2.85. The largest absolute Gasteiger partial charge is 0.458 e. The third-order valence-electron chi connectivity index (χ3n) is 9.16. The summed E-state index contributed by atoms with van der Waals surface area (Å²) in [4.78, 5) is 13.1. The normalized spacial score (nSPS) is 22.7. The van der Waals surface area contributed by atoms with Gasteiger partial charge in [-0.3, -0.25) is 4.79 Å². The fourth-order valence-electron chi connectivity index (χ4n) is 7.10. The minimum Gasteiger partial charge on any atom is -0.458 e. The van der Waals surface area contributed by atoms with Gasteiger partial charge in [-0.05, 0) is 81.1 Å². The van der Waals surface area contributed by atoms with Crippen molar-refractivity contribution in [3.63, 3.8) is 0 Å². The lowest BCUT2D eigenvalue weighted by atomic mass is 9.69. The molecule has 232 valence electrons. The van der Waals surface area contributed by atoms with E-state index >= 15 is 0 Å². The van der Waals surface area contributed by atoms with Gasteiger partial charge in [0.25, 0.3) is 8.32 Å². The summed E-state index contributed by atoms with van der Waals surface area (Å²) in [5, 5.41) is 12.9. The maximum atomic E-state index is 14.1. The molecular weight excluding hydrogens is 567 g/mol. The van der Waals surface area contributed by atoms with Gasteiger partial charge >= 0.3 is 5.97 Å². The first-order valence-corrected chi connectivity index (χ1v) is 17.6. The van der Waals surface area contributed by atoms with Gasteiger partial charge in [-0.1, -0.05) is 107 Å². The van der Waals surface area contributed by atoms with Crippen LogP contribution in [0.15, 0.2) is 96.6 Å². The summed E-state index contributed by atoms with van der Waals surface area (Å²) in [6.07, 6.45) is 4.63. The Morgan fingerprint density at radius 1 is 0.977 bits per heavy atom. The molecule has 3 atom stereocenters. The number of ether oxygens (including phenoxy) is 1. The minimum absolute atomic E-state index is 0.204. The van der Waals surface area contributed by atoms with Crippen molar-refractivity contribution >= 4 is 30.2 Å². The first-order valence-electron chi connectivity index (χ1n) is 15.6. The molecule has 1 aliphatic heterocycles. The Labute approximate surface area is 262 Å². The summed E-state index contributed by atoms with van der Waals surface area (Å²) in [7, 11) is -2.85. The third-order valence-corrected chi connectivity index (χ3v) is 14.2. The Morgan fingerprint density at radius 3 is 2.16 bits per heavy atom. The summed E-state index contributed by atoms with van der Waals surface area (Å²) < 4.78 is 27.3. The second-order valence-corrected chi connectivity index (χ2v) is 18.3. The predicted octanol–water partition coefficient (Wildman–Crippen LogP) is 7.28. The van der Waals surface area contributed by atoms with Gasteiger partial charge in [-0.25, -0.2) is 4.39 Å². The fourth-order valence-corrected chi connectivity index (χ4v) is 11.8. The molecular formula is C38H45FO4Si. The molecule has 0 bridgehead atoms. The molecule has 6 heteroatoms. The smallest absolute Gasteiger partial charge is 0.308 e. The van der Waals surface area contributed by atoms with Crippen LogP contribution in [0.4, 0.5) is 4.39 Å². The Kier molecular flexibility index (Phi) is 9.18. The molecule has 3 aromatic rings. The van der Waals surface area contributed by atoms with E-state index in [1.807, 2.05) is 24.3 Å². The third kappa shape index (κ3) is 6.53. The molecule has 0 saturated carbocycles. The molecule has 2 aliphatic rings. The molecule has 4 nitrogen and oxygen atoms in total. The molecule has 0 aromatic heterocycles. The number of cyclic esters (lactones) is 1. The van der Waals surface area contributed by atoms with Crippen LogP contribution in [0.2, 0.25) is 5.04 Å². The number of allylic oxidation sites excluding steroid dienone is 2. The Balaban J connectivity index is 1.50. The second kappa shape index (κ2) is 12.6. The fraction of sp³-hybridized carbons (Fsp3) is 0.395. The van der Waals surface area contributed by atoms with Gasteiger partial charge in [0.1, 0.15) is 11.9 Å². The average Bonchev–Trinajstić information content (AvgIpc) is 2.96. The van der Waals surface area contributed by atoms with Crippen molar-refractivity contribution in [1.82, 2.24) is 0 Å². The number of hydrogen-bond acceptors (Lipinski definition) is 4. The van der Waals surface area contributed by atoms with E-state index in [0.29, 0.717) is 24.8 Å². The lowest BCUT2D eigenvalue weighted by Crippen LogP contribution is -2.68. The van der Waals surface area contributed by atoms with Gasteiger partial charge in [0, 0.05) is 6.42 Å². The molecule has 44 heavy (non-hydrogen) atoms. The van der Waals surface area contributed by atoms with E-state index in [2.05, 4.69) is 89.2 Å². The van der Waals surface area contributed by atoms with Crippen LogP contribution in [0.3, 0.4) is 0 Å². The maximum Gasteiger partial charge on any atom is 0.308 e. The van der Waals surface area contributed by atoms with Gasteiger partial charge < -0.3 is 14.3 Å². The van der Waals surface area contributed by atoms with E-state index in [1.165, 1.54) is 16.4 Å². The van der Waals surface area contributed by atoms with Gasteiger partial charge in [0.05, 0.1) is 18.6 Å². The van der Waals surface area contributed by atoms with Crippen LogP contribution in [-0.2, 0) is 14.0 Å². The summed E-state index contributed by atoms with van der Waals surface area (Å²) in [5.74, 6) is -0.515. The van der Waals surface area contributed by atoms with E-state index in [4.69, 9.17) is 9.16 Å². The van der Waals surface area contributed by atoms with E-state index < -0.39 is 20.5 Å². The van der Waals surface area contributed by atoms with Crippen molar-refractivity contribution in [3.05, 3.63) is 114 Å². The van der Waals surface area contributed by atoms with Crippen LogP contribution < -0.4 is 10.4 Å². The zero-order valence-corrected chi connectivity index (χ0v) is 27.8. The number of rotatable bonds is 7. The summed E-state index contributed by atoms with van der Waals surface area (Å²) >= 11 is 0. The molecule has 1 saturated heterocycles. The van der Waals surface area contributed by atoms with Gasteiger partial charge in [0.15, 0.2) is 0 Å². The Morgan fingerprint density at radius 2 is 1.59 bits per heavy atom. The van der Waals surface area contributed by atoms with Crippen LogP contribution in [0.5, 0.6) is 0 Å². The van der Waals surface area contributed by atoms with Crippen LogP contribution in [-0.4, -0.2) is 37.7 Å². The zero-order valence-electron chi connectivity index (χ0n) is 26.8. The van der Waals surface area contributed by atoms with Crippen LogP contribution in [0.1, 0.15) is 71.4 Å². The number of carbonyl (C=O) groups excluding carboxylic acids is 1. The SMILES string of the molecule is Cc1cc(C2=C(/C=C/[C@@H]3C[C@@H](O[Si](c4ccccc4)(c4ccccc4)C(C)(C)C)CC(=O)O3)C(C)(C)C[C@H](O)C2)ccc1F. The second-order valence-electron chi connectivity index (χ2n) is 14.0. The standard InChI is InChI=1S/C38H45FO4Si/c1-26-21-27(17-20-35(26)39)33-22-28(40)25-38(5,6)34(33)19-18-29-23-30(24-36(41)42-29)43-44(37(2,3)4,31-13-9-7-10-14-31)32-15-11-8-12-16-32/h7-21,28-30,40H,22-25H2,1-6H3/b19-18+/t28-,29-,30-/m1/s1. The molecule has 1 heterocycles. The predicted molar refractivity (Wildman–Crippen MR) is 178 cm³/mol. The van der Waals surface area contributed by atoms with Crippen molar-refractivity contribution < 1.29 is 23.5 Å². The average molecular weight is 613 g/mol. The molecule has 5 rings (SSSR count). The lowest BCUT2D eigenvalue weighted by molar-refractivity contribution is -0.155. The number of carbonyl (C=O) groups is 1. The highest BCUT2D eigenvalue weighted by Crippen LogP contribution is 2.45. The zero-order chi connectivity index (χ0) is 31.7. The lowest BCUT2D eigenvalue weighted by Gasteiger charge is -2.46. The molecule has 3 aromatic carbocycles. The highest BCUT2D eigenvalue weighted by molar-refractivity contribution is 6.99. The first-order chi connectivity index (χ1) is 20.8. The topological polar surface area (TPSA) is 55.8 Å². The molecule has 1 fully saturated rings. The van der Waals surface area contributed by atoms with E-state index in [9.17, 15) is 14.3 Å². The van der Waals surface area contributed by atoms with E-state index in [1.54, 1.807) is 13.0 Å². The van der Waals surface area contributed by atoms with E-state index in [0.717, 1.165) is 16.7 Å². The van der Waals surface area contributed by atoms with Crippen LogP contribution in [0, 0.1) is 18.2 Å². The number of esters is 1. The molecule has 1 aliphatic carbocycles. The molecule has 0 unspecified atom stereocenters. The van der Waals surface area contributed by atoms with Crippen molar-refractivity contribution in [2.45, 2.75) is 90.6 Å². The number of benzene rings is 3. The Hall–Kier alpha value is -3.32. The summed E-state index contributed by atoms with van der Waals surface area (Å²) in [6, 6.07) is 26.1. The monoisotopic (exact) mass is 612 g/mol.